The number of carbonyl (C=O) groups excluding carboxylic acids is 2. The largest absolute Gasteiger partial charge is 0.377 e. The first-order chi connectivity index (χ1) is 17.7. The van der Waals surface area contributed by atoms with Gasteiger partial charge in [0.05, 0.1) is 18.4 Å². The van der Waals surface area contributed by atoms with E-state index in [1.807, 2.05) is 54.6 Å². The lowest BCUT2D eigenvalue weighted by Gasteiger charge is -2.40. The monoisotopic (exact) mass is 551 g/mol. The summed E-state index contributed by atoms with van der Waals surface area (Å²) >= 11 is 0. The molecule has 1 N–H and O–H groups in total. The van der Waals surface area contributed by atoms with Crippen LogP contribution in [0.2, 0.25) is 0 Å². The lowest BCUT2D eigenvalue weighted by molar-refractivity contribution is -0.117. The Hall–Kier alpha value is -3.99. The van der Waals surface area contributed by atoms with Crippen molar-refractivity contribution >= 4 is 28.1 Å². The number of aliphatic imine (C=N–C) groups is 1. The second kappa shape index (κ2) is 10.4. The van der Waals surface area contributed by atoms with E-state index in [0.717, 1.165) is 35.0 Å². The number of allylic oxidation sites excluding steroid dienone is 1. The molecule has 0 heterocycles. The van der Waals surface area contributed by atoms with Gasteiger partial charge in [-0.2, -0.15) is 0 Å². The summed E-state index contributed by atoms with van der Waals surface area (Å²) in [6, 6.07) is 19.7. The van der Waals surface area contributed by atoms with Crippen LogP contribution in [0, 0.1) is 0 Å². The molecule has 0 unspecified atom stereocenters. The molecule has 38 heavy (non-hydrogen) atoms. The number of nitrogens with one attached hydrogen (secondary N) is 1. The van der Waals surface area contributed by atoms with Gasteiger partial charge in [0, 0.05) is 19.2 Å². The molecule has 0 saturated carbocycles. The molecule has 0 aliphatic heterocycles. The van der Waals surface area contributed by atoms with Crippen LogP contribution >= 0.6 is 10.2 Å². The molecule has 0 aliphatic carbocycles. The summed E-state index contributed by atoms with van der Waals surface area (Å²) in [6.45, 7) is 1.45. The highest BCUT2D eigenvalue weighted by Gasteiger charge is 2.65. The van der Waals surface area contributed by atoms with Crippen LogP contribution in [0.5, 0.6) is 0 Å². The number of hydrogen-bond acceptors (Lipinski definition) is 4. The van der Waals surface area contributed by atoms with Gasteiger partial charge < -0.3 is 10.2 Å². The van der Waals surface area contributed by atoms with Gasteiger partial charge in [0.15, 0.2) is 6.29 Å². The van der Waals surface area contributed by atoms with Gasteiger partial charge in [-0.15, -0.1) is 0 Å². The summed E-state index contributed by atoms with van der Waals surface area (Å²) in [7, 11) is -8.38. The van der Waals surface area contributed by atoms with Gasteiger partial charge in [0.25, 0.3) is 0 Å². The number of likely N-dealkylation sites (N-methyl/N-ethyl adjacent to an activating group) is 1. The molecule has 202 valence electrons. The summed E-state index contributed by atoms with van der Waals surface area (Å²) in [6.07, 6.45) is 1.68. The van der Waals surface area contributed by atoms with Gasteiger partial charge in [-0.25, -0.2) is 4.99 Å². The molecule has 3 rings (SSSR count). The van der Waals surface area contributed by atoms with E-state index in [-0.39, 0.29) is 48.1 Å². The van der Waals surface area contributed by atoms with Crippen molar-refractivity contribution in [2.75, 3.05) is 13.6 Å². The predicted octanol–water partition coefficient (Wildman–Crippen LogP) is 7.11. The van der Waals surface area contributed by atoms with Crippen molar-refractivity contribution in [2.45, 2.75) is 18.4 Å². The molecule has 0 fully saturated rings. The molecule has 0 amide bonds. The summed E-state index contributed by atoms with van der Waals surface area (Å²) in [5.74, 6) is -0.247. The van der Waals surface area contributed by atoms with Crippen molar-refractivity contribution in [1.29, 1.82) is 0 Å². The lowest BCUT2D eigenvalue weighted by atomic mass is 10.0. The first-order valence-corrected chi connectivity index (χ1v) is 13.3. The molecular weight excluding hydrogens is 525 g/mol. The Bertz CT molecular complexity index is 1360. The van der Waals surface area contributed by atoms with Crippen molar-refractivity contribution in [1.82, 2.24) is 10.2 Å². The van der Waals surface area contributed by atoms with Gasteiger partial charge in [-0.3, -0.25) is 9.59 Å². The van der Waals surface area contributed by atoms with Gasteiger partial charge in [0.2, 0.25) is 0 Å². The maximum absolute atomic E-state index is 13.1. The fourth-order valence-electron chi connectivity index (χ4n) is 3.56. The second-order valence-electron chi connectivity index (χ2n) is 8.62. The van der Waals surface area contributed by atoms with Crippen LogP contribution in [0.15, 0.2) is 101 Å². The average molecular weight is 552 g/mol. The molecule has 0 aliphatic rings. The van der Waals surface area contributed by atoms with Crippen molar-refractivity contribution in [2.24, 2.45) is 4.99 Å². The number of carbonyl (C=O) groups is 2. The van der Waals surface area contributed by atoms with Crippen LogP contribution in [-0.4, -0.2) is 36.4 Å². The molecule has 0 radical (unpaired) electrons. The Kier molecular flexibility index (Phi) is 7.83. The number of Topliss-reactive ketones (excluding diaryl/α,β-unsaturated/α-hetero) is 1. The first kappa shape index (κ1) is 28.6. The van der Waals surface area contributed by atoms with Gasteiger partial charge >= 0.3 is 10.2 Å². The van der Waals surface area contributed by atoms with E-state index < -0.39 is 15.1 Å². The lowest BCUT2D eigenvalue weighted by Crippen LogP contribution is -2.32. The van der Waals surface area contributed by atoms with Crippen LogP contribution in [0.3, 0.4) is 0 Å². The number of rotatable bonds is 10. The standard InChI is InChI=1S/C27H26F5N3O2S/c1-20(37)18-35(2)27(24-12-14-26(15-13-24)38(28,29,30,31)32)34-17-25(19-36)33-16-21-8-10-23(11-9-21)22-6-4-3-5-7-22/h3-15,17,19,33H,16,18H2,1-2H3/b25-17+,34-27?. The van der Waals surface area contributed by atoms with E-state index in [9.17, 15) is 29.0 Å². The van der Waals surface area contributed by atoms with E-state index in [1.54, 1.807) is 0 Å². The number of ketones is 1. The molecule has 0 atom stereocenters. The normalized spacial score (nSPS) is 14.3. The molecule has 0 saturated heterocycles. The summed E-state index contributed by atoms with van der Waals surface area (Å²) in [5, 5.41) is 2.93. The number of aldehydes is 1. The molecular formula is C27H26F5N3O2S. The maximum atomic E-state index is 13.1. The van der Waals surface area contributed by atoms with E-state index in [2.05, 4.69) is 10.3 Å². The molecule has 0 bridgehead atoms. The predicted molar refractivity (Wildman–Crippen MR) is 141 cm³/mol. The van der Waals surface area contributed by atoms with Crippen LogP contribution in [0.25, 0.3) is 11.1 Å². The first-order valence-electron chi connectivity index (χ1n) is 11.3. The third kappa shape index (κ3) is 8.01. The molecule has 11 heteroatoms. The van der Waals surface area contributed by atoms with E-state index in [4.69, 9.17) is 0 Å². The Labute approximate surface area is 217 Å². The number of nitrogens with zero attached hydrogens (tertiary/aromatic N) is 2. The molecule has 0 aromatic heterocycles. The second-order valence-corrected chi connectivity index (χ2v) is 11.0. The van der Waals surface area contributed by atoms with Crippen LogP contribution in [0.1, 0.15) is 18.1 Å². The summed E-state index contributed by atoms with van der Waals surface area (Å²) in [5.41, 5.74) is 3.08. The van der Waals surface area contributed by atoms with Crippen molar-refractivity contribution in [3.63, 3.8) is 0 Å². The molecule has 3 aromatic rings. The fourth-order valence-corrected chi connectivity index (χ4v) is 4.21. The van der Waals surface area contributed by atoms with Gasteiger partial charge in [0.1, 0.15) is 16.5 Å². The van der Waals surface area contributed by atoms with Gasteiger partial charge in [-0.1, -0.05) is 74.0 Å². The zero-order valence-corrected chi connectivity index (χ0v) is 21.4. The highest BCUT2D eigenvalue weighted by Crippen LogP contribution is 3.02. The minimum atomic E-state index is -9.84. The van der Waals surface area contributed by atoms with Crippen LogP contribution in [-0.2, 0) is 16.1 Å². The quantitative estimate of drug-likeness (QED) is 0.0959. The average Bonchev–Trinajstić information content (AvgIpc) is 2.85. The Morgan fingerprint density at radius 2 is 1.47 bits per heavy atom. The zero-order valence-electron chi connectivity index (χ0n) is 20.6. The smallest absolute Gasteiger partial charge is 0.310 e. The summed E-state index contributed by atoms with van der Waals surface area (Å²) < 4.78 is 65.5. The minimum absolute atomic E-state index is 0.0160. The van der Waals surface area contributed by atoms with E-state index in [0.29, 0.717) is 6.29 Å². The summed E-state index contributed by atoms with van der Waals surface area (Å²) in [4.78, 5) is 26.7. The number of benzene rings is 3. The Balaban J connectivity index is 1.82. The molecule has 5 nitrogen and oxygen atoms in total. The number of amidine groups is 1. The Morgan fingerprint density at radius 1 is 0.895 bits per heavy atom. The fraction of sp³-hybridized carbons (Fsp3) is 0.148. The SMILES string of the molecule is CC(=O)CN(C)C(=N/C=C(\C=O)NCc1ccc(-c2ccccc2)cc1)c1ccc(S(F)(F)(F)(F)F)cc1. The zero-order chi connectivity index (χ0) is 28.0. The Morgan fingerprint density at radius 3 is 2.00 bits per heavy atom. The maximum Gasteiger partial charge on any atom is 0.310 e. The topological polar surface area (TPSA) is 61.8 Å². The third-order valence-electron chi connectivity index (χ3n) is 5.39. The third-order valence-corrected chi connectivity index (χ3v) is 6.55. The minimum Gasteiger partial charge on any atom is -0.377 e. The number of hydrogen-bond donors (Lipinski definition) is 1. The van der Waals surface area contributed by atoms with E-state index in [1.165, 1.54) is 18.9 Å². The molecule has 0 spiro atoms. The van der Waals surface area contributed by atoms with Crippen LogP contribution in [0.4, 0.5) is 19.4 Å². The number of halogens is 5. The van der Waals surface area contributed by atoms with Gasteiger partial charge in [-0.05, 0) is 47.9 Å². The van der Waals surface area contributed by atoms with Crippen LogP contribution < -0.4 is 5.32 Å². The van der Waals surface area contributed by atoms with Crippen molar-refractivity contribution < 1.29 is 29.0 Å². The van der Waals surface area contributed by atoms with Crippen molar-refractivity contribution in [3.05, 3.63) is 102 Å². The van der Waals surface area contributed by atoms with Crippen molar-refractivity contribution in [3.8, 4) is 11.1 Å². The highest BCUT2D eigenvalue weighted by molar-refractivity contribution is 8.45. The van der Waals surface area contributed by atoms with E-state index >= 15 is 0 Å². The highest BCUT2D eigenvalue weighted by atomic mass is 32.5. The molecule has 3 aromatic carbocycles.